The van der Waals surface area contributed by atoms with Crippen molar-refractivity contribution in [1.29, 1.82) is 0 Å². The summed E-state index contributed by atoms with van der Waals surface area (Å²) < 4.78 is 9.26. The SMILES string of the molecule is c1ccc(-c2cccc(-c3nc(-c4ccc5c(ccc6ccccc65)c4)nc(-c4cccc5oc6ccc7ccc(-n8c9cc%10ccccc%10cc9c9ccc%10ccccc%10c98)cc7c6c45)n3)c2)cc1. The third-order valence-corrected chi connectivity index (χ3v) is 14.3. The van der Waals surface area contributed by atoms with Gasteiger partial charge in [-0.15, -0.1) is 0 Å². The van der Waals surface area contributed by atoms with Crippen molar-refractivity contribution in [3.05, 3.63) is 231 Å². The zero-order valence-electron chi connectivity index (χ0n) is 37.6. The van der Waals surface area contributed by atoms with Gasteiger partial charge in [-0.05, 0) is 108 Å². The maximum Gasteiger partial charge on any atom is 0.164 e. The van der Waals surface area contributed by atoms with E-state index >= 15 is 0 Å². The van der Waals surface area contributed by atoms with Gasteiger partial charge in [0, 0.05) is 49.3 Å². The smallest absolute Gasteiger partial charge is 0.164 e. The van der Waals surface area contributed by atoms with Crippen LogP contribution in [0.5, 0.6) is 0 Å². The van der Waals surface area contributed by atoms with E-state index in [0.29, 0.717) is 17.5 Å². The van der Waals surface area contributed by atoms with E-state index in [4.69, 9.17) is 19.4 Å². The molecule has 12 aromatic carbocycles. The highest BCUT2D eigenvalue weighted by molar-refractivity contribution is 6.24. The second-order valence-corrected chi connectivity index (χ2v) is 18.3. The van der Waals surface area contributed by atoms with E-state index in [2.05, 4.69) is 223 Å². The Morgan fingerprint density at radius 3 is 1.74 bits per heavy atom. The van der Waals surface area contributed by atoms with E-state index in [-0.39, 0.29) is 0 Å². The minimum atomic E-state index is 0.575. The number of aromatic nitrogens is 4. The molecule has 324 valence electrons. The predicted octanol–water partition coefficient (Wildman–Crippen LogP) is 17.3. The van der Waals surface area contributed by atoms with Crippen LogP contribution in [-0.4, -0.2) is 19.5 Å². The molecular formula is C65H38N4O. The molecule has 3 heterocycles. The van der Waals surface area contributed by atoms with Crippen molar-refractivity contribution in [1.82, 2.24) is 19.5 Å². The third kappa shape index (κ3) is 5.95. The molecule has 0 aliphatic heterocycles. The van der Waals surface area contributed by atoms with Gasteiger partial charge in [0.2, 0.25) is 0 Å². The average Bonchev–Trinajstić information content (AvgIpc) is 3.98. The minimum Gasteiger partial charge on any atom is -0.456 e. The lowest BCUT2D eigenvalue weighted by Gasteiger charge is -2.13. The second-order valence-electron chi connectivity index (χ2n) is 18.3. The molecule has 3 aromatic heterocycles. The van der Waals surface area contributed by atoms with Gasteiger partial charge in [-0.25, -0.2) is 15.0 Å². The Morgan fingerprint density at radius 1 is 0.300 bits per heavy atom. The maximum absolute atomic E-state index is 6.80. The molecule has 0 aliphatic carbocycles. The van der Waals surface area contributed by atoms with Gasteiger partial charge >= 0.3 is 0 Å². The van der Waals surface area contributed by atoms with Crippen molar-refractivity contribution in [2.75, 3.05) is 0 Å². The summed E-state index contributed by atoms with van der Waals surface area (Å²) in [6.07, 6.45) is 0. The molecule has 0 bridgehead atoms. The largest absolute Gasteiger partial charge is 0.456 e. The Labute approximate surface area is 401 Å². The van der Waals surface area contributed by atoms with Gasteiger partial charge in [-0.1, -0.05) is 182 Å². The standard InChI is InChI=1S/C65H38N4O/c1-2-12-39(13-3-1)43-18-10-19-47(34-43)63-66-64(48-28-31-51-46(35-48)25-24-40-14-6-8-20-50(40)51)68-65(67-63)54-22-11-23-58-60(54)61-55-38-49(30-26-42(55)29-33-59(61)70-58)69-57-37-45-17-5-4-16-44(45)36-56(57)53-32-27-41-15-7-9-21-52(41)62(53)69/h1-38H. The zero-order valence-corrected chi connectivity index (χ0v) is 37.6. The quantitative estimate of drug-likeness (QED) is 0.162. The molecule has 0 unspecified atom stereocenters. The highest BCUT2D eigenvalue weighted by atomic mass is 16.3. The zero-order chi connectivity index (χ0) is 45.9. The molecular weight excluding hydrogens is 853 g/mol. The van der Waals surface area contributed by atoms with Crippen LogP contribution in [0, 0.1) is 0 Å². The van der Waals surface area contributed by atoms with Crippen LogP contribution < -0.4 is 0 Å². The van der Waals surface area contributed by atoms with Crippen LogP contribution in [0.3, 0.4) is 0 Å². The molecule has 0 atom stereocenters. The van der Waals surface area contributed by atoms with Crippen LogP contribution in [0.25, 0.3) is 149 Å². The lowest BCUT2D eigenvalue weighted by molar-refractivity contribution is 0.669. The van der Waals surface area contributed by atoms with E-state index in [9.17, 15) is 0 Å². The molecule has 0 N–H and O–H groups in total. The fourth-order valence-corrected chi connectivity index (χ4v) is 11.1. The number of furan rings is 1. The van der Waals surface area contributed by atoms with Gasteiger partial charge in [0.05, 0.1) is 11.0 Å². The first-order chi connectivity index (χ1) is 34.7. The second kappa shape index (κ2) is 15.0. The molecule has 70 heavy (non-hydrogen) atoms. The lowest BCUT2D eigenvalue weighted by atomic mass is 9.99. The van der Waals surface area contributed by atoms with E-state index in [1.807, 2.05) is 12.1 Å². The molecule has 5 nitrogen and oxygen atoms in total. The highest BCUT2D eigenvalue weighted by Crippen LogP contribution is 2.43. The topological polar surface area (TPSA) is 56.7 Å². The Kier molecular flexibility index (Phi) is 8.29. The summed E-state index contributed by atoms with van der Waals surface area (Å²) in [6.45, 7) is 0. The van der Waals surface area contributed by atoms with Gasteiger partial charge in [0.15, 0.2) is 17.5 Å². The summed E-state index contributed by atoms with van der Waals surface area (Å²) in [4.78, 5) is 16.0. The van der Waals surface area contributed by atoms with Gasteiger partial charge in [0.1, 0.15) is 11.2 Å². The summed E-state index contributed by atoms with van der Waals surface area (Å²) >= 11 is 0. The number of benzene rings is 12. The van der Waals surface area contributed by atoms with Crippen molar-refractivity contribution in [2.45, 2.75) is 0 Å². The number of fused-ring (bicyclic) bond motifs is 14. The van der Waals surface area contributed by atoms with Crippen LogP contribution in [0.1, 0.15) is 0 Å². The molecule has 15 aromatic rings. The molecule has 0 amide bonds. The Hall–Kier alpha value is -9.45. The van der Waals surface area contributed by atoms with Crippen LogP contribution in [0.4, 0.5) is 0 Å². The summed E-state index contributed by atoms with van der Waals surface area (Å²) in [5.74, 6) is 1.77. The van der Waals surface area contributed by atoms with Crippen molar-refractivity contribution in [3.8, 4) is 51.0 Å². The normalized spacial score (nSPS) is 12.0. The summed E-state index contributed by atoms with van der Waals surface area (Å²) in [5.41, 5.74) is 9.92. The molecule has 15 rings (SSSR count). The first-order valence-electron chi connectivity index (χ1n) is 23.7. The van der Waals surface area contributed by atoms with Gasteiger partial charge in [0.25, 0.3) is 0 Å². The number of rotatable bonds is 5. The van der Waals surface area contributed by atoms with Gasteiger partial charge in [-0.3, -0.25) is 0 Å². The van der Waals surface area contributed by atoms with Crippen molar-refractivity contribution < 1.29 is 4.42 Å². The summed E-state index contributed by atoms with van der Waals surface area (Å²) in [7, 11) is 0. The number of hydrogen-bond acceptors (Lipinski definition) is 4. The predicted molar refractivity (Wildman–Crippen MR) is 291 cm³/mol. The van der Waals surface area contributed by atoms with E-state index < -0.39 is 0 Å². The average molecular weight is 891 g/mol. The monoisotopic (exact) mass is 890 g/mol. The van der Waals surface area contributed by atoms with Crippen LogP contribution in [-0.2, 0) is 0 Å². The van der Waals surface area contributed by atoms with Crippen molar-refractivity contribution >= 4 is 97.6 Å². The van der Waals surface area contributed by atoms with Gasteiger partial charge in [-0.2, -0.15) is 0 Å². The van der Waals surface area contributed by atoms with Crippen LogP contribution in [0.15, 0.2) is 235 Å². The fourth-order valence-electron chi connectivity index (χ4n) is 11.1. The lowest BCUT2D eigenvalue weighted by Crippen LogP contribution is -2.00. The highest BCUT2D eigenvalue weighted by Gasteiger charge is 2.22. The third-order valence-electron chi connectivity index (χ3n) is 14.3. The van der Waals surface area contributed by atoms with Crippen molar-refractivity contribution in [3.63, 3.8) is 0 Å². The molecule has 0 saturated heterocycles. The maximum atomic E-state index is 6.80. The Morgan fingerprint density at radius 2 is 0.886 bits per heavy atom. The summed E-state index contributed by atoms with van der Waals surface area (Å²) in [5, 5.41) is 16.2. The Bertz CT molecular complexity index is 4660. The molecule has 0 radical (unpaired) electrons. The fraction of sp³-hybridized carbons (Fsp3) is 0. The van der Waals surface area contributed by atoms with E-state index in [1.165, 1.54) is 54.0 Å². The Balaban J connectivity index is 0.980. The molecule has 0 spiro atoms. The molecule has 0 fully saturated rings. The first kappa shape index (κ1) is 38.6. The summed E-state index contributed by atoms with van der Waals surface area (Å²) in [6, 6.07) is 82.3. The minimum absolute atomic E-state index is 0.575. The van der Waals surface area contributed by atoms with E-state index in [1.54, 1.807) is 0 Å². The number of hydrogen-bond donors (Lipinski definition) is 0. The number of nitrogens with zero attached hydrogens (tertiary/aromatic N) is 4. The molecule has 0 aliphatic rings. The van der Waals surface area contributed by atoms with Crippen LogP contribution >= 0.6 is 0 Å². The first-order valence-corrected chi connectivity index (χ1v) is 23.7. The van der Waals surface area contributed by atoms with E-state index in [0.717, 1.165) is 77.1 Å². The van der Waals surface area contributed by atoms with Gasteiger partial charge < -0.3 is 8.98 Å². The molecule has 5 heteroatoms. The van der Waals surface area contributed by atoms with Crippen molar-refractivity contribution in [2.24, 2.45) is 0 Å². The molecule has 0 saturated carbocycles. The van der Waals surface area contributed by atoms with Crippen LogP contribution in [0.2, 0.25) is 0 Å².